The zero-order valence-corrected chi connectivity index (χ0v) is 14.6. The molecule has 24 heavy (non-hydrogen) atoms. The van der Waals surface area contributed by atoms with E-state index < -0.39 is 0 Å². The highest BCUT2D eigenvalue weighted by atomic mass is 16.3. The van der Waals surface area contributed by atoms with Crippen molar-refractivity contribution in [3.63, 3.8) is 0 Å². The molecule has 1 saturated heterocycles. The summed E-state index contributed by atoms with van der Waals surface area (Å²) in [6.07, 6.45) is 9.54. The van der Waals surface area contributed by atoms with Gasteiger partial charge in [0.15, 0.2) is 5.96 Å². The molecule has 0 bridgehead atoms. The summed E-state index contributed by atoms with van der Waals surface area (Å²) in [6.45, 7) is 8.05. The van der Waals surface area contributed by atoms with E-state index in [9.17, 15) is 0 Å². The molecule has 0 spiro atoms. The number of imidazole rings is 1. The lowest BCUT2D eigenvalue weighted by Gasteiger charge is -2.39. The number of nitrogens with zero attached hydrogens (tertiary/aromatic N) is 4. The quantitative estimate of drug-likeness (QED) is 0.676. The average molecular weight is 329 g/mol. The van der Waals surface area contributed by atoms with Gasteiger partial charge in [0.05, 0.1) is 18.6 Å². The van der Waals surface area contributed by atoms with Gasteiger partial charge in [0, 0.05) is 45.0 Å². The van der Waals surface area contributed by atoms with Gasteiger partial charge in [-0.15, -0.1) is 0 Å². The second kappa shape index (κ2) is 8.04. The van der Waals surface area contributed by atoms with Crippen LogP contribution in [0.2, 0.25) is 0 Å². The zero-order chi connectivity index (χ0) is 16.8. The first-order valence-corrected chi connectivity index (χ1v) is 8.81. The molecule has 0 aromatic carbocycles. The van der Waals surface area contributed by atoms with Crippen molar-refractivity contribution in [3.8, 4) is 0 Å². The number of rotatable bonds is 5. The Morgan fingerprint density at radius 2 is 2.42 bits per heavy atom. The van der Waals surface area contributed by atoms with E-state index in [1.165, 1.54) is 0 Å². The Morgan fingerprint density at radius 1 is 1.50 bits per heavy atom. The maximum Gasteiger partial charge on any atom is 0.193 e. The van der Waals surface area contributed by atoms with Crippen LogP contribution in [0.3, 0.4) is 0 Å². The number of hydrogen-bond acceptors (Lipinski definition) is 3. The van der Waals surface area contributed by atoms with E-state index in [1.54, 1.807) is 6.26 Å². The maximum atomic E-state index is 5.39. The topological polar surface area (TPSA) is 58.6 Å². The van der Waals surface area contributed by atoms with Crippen LogP contribution in [0.1, 0.15) is 32.1 Å². The molecular formula is C18H27N5O. The highest BCUT2D eigenvalue weighted by Crippen LogP contribution is 2.27. The van der Waals surface area contributed by atoms with Crippen molar-refractivity contribution in [2.75, 3.05) is 26.2 Å². The third kappa shape index (κ3) is 3.99. The summed E-state index contributed by atoms with van der Waals surface area (Å²) < 4.78 is 7.61. The summed E-state index contributed by atoms with van der Waals surface area (Å²) in [7, 11) is 0. The van der Waals surface area contributed by atoms with Gasteiger partial charge in [-0.1, -0.05) is 6.92 Å². The number of furan rings is 1. The first-order valence-electron chi connectivity index (χ1n) is 8.81. The Balaban J connectivity index is 1.66. The number of hydrogen-bond donors (Lipinski definition) is 1. The molecule has 2 atom stereocenters. The molecule has 2 aromatic heterocycles. The molecule has 130 valence electrons. The van der Waals surface area contributed by atoms with Crippen LogP contribution in [-0.4, -0.2) is 46.6 Å². The highest BCUT2D eigenvalue weighted by Gasteiger charge is 2.28. The van der Waals surface area contributed by atoms with Gasteiger partial charge in [0.2, 0.25) is 0 Å². The molecule has 0 saturated carbocycles. The predicted molar refractivity (Wildman–Crippen MR) is 95.0 cm³/mol. The fourth-order valence-electron chi connectivity index (χ4n) is 3.25. The Labute approximate surface area is 143 Å². The van der Waals surface area contributed by atoms with Crippen LogP contribution in [0.5, 0.6) is 0 Å². The number of piperidine rings is 1. The van der Waals surface area contributed by atoms with Gasteiger partial charge in [-0.3, -0.25) is 4.99 Å². The van der Waals surface area contributed by atoms with E-state index in [-0.39, 0.29) is 0 Å². The van der Waals surface area contributed by atoms with E-state index in [4.69, 9.17) is 9.41 Å². The van der Waals surface area contributed by atoms with Crippen LogP contribution < -0.4 is 5.32 Å². The van der Waals surface area contributed by atoms with E-state index in [0.717, 1.165) is 50.7 Å². The van der Waals surface area contributed by atoms with Crippen LogP contribution in [0.15, 0.2) is 46.5 Å². The molecule has 0 amide bonds. The van der Waals surface area contributed by atoms with Crippen molar-refractivity contribution in [3.05, 3.63) is 42.9 Å². The monoisotopic (exact) mass is 329 g/mol. The Morgan fingerprint density at radius 3 is 3.12 bits per heavy atom. The molecule has 1 fully saturated rings. The maximum absolute atomic E-state index is 5.39. The minimum atomic E-state index is 0.440. The minimum Gasteiger partial charge on any atom is -0.469 e. The van der Waals surface area contributed by atoms with Gasteiger partial charge in [0.25, 0.3) is 0 Å². The summed E-state index contributed by atoms with van der Waals surface area (Å²) in [5.74, 6) is 2.63. The number of guanidine groups is 1. The Kier molecular flexibility index (Phi) is 5.56. The number of aliphatic imine (C=N–C) groups is 1. The fraction of sp³-hybridized carbons (Fsp3) is 0.556. The van der Waals surface area contributed by atoms with Gasteiger partial charge < -0.3 is 19.2 Å². The van der Waals surface area contributed by atoms with Crippen molar-refractivity contribution in [1.29, 1.82) is 0 Å². The second-order valence-corrected chi connectivity index (χ2v) is 6.35. The van der Waals surface area contributed by atoms with Crippen molar-refractivity contribution in [2.45, 2.75) is 32.7 Å². The summed E-state index contributed by atoms with van der Waals surface area (Å²) in [6, 6.07) is 4.36. The normalized spacial score (nSPS) is 21.9. The van der Waals surface area contributed by atoms with Gasteiger partial charge in [-0.2, -0.15) is 0 Å². The first kappa shape index (κ1) is 16.6. The number of nitrogens with one attached hydrogen (secondary N) is 1. The lowest BCUT2D eigenvalue weighted by molar-refractivity contribution is 0.189. The highest BCUT2D eigenvalue weighted by molar-refractivity contribution is 5.80. The molecule has 3 rings (SSSR count). The molecule has 3 heterocycles. The van der Waals surface area contributed by atoms with Gasteiger partial charge in [-0.05, 0) is 31.4 Å². The van der Waals surface area contributed by atoms with Crippen LogP contribution in [-0.2, 0) is 6.42 Å². The second-order valence-electron chi connectivity index (χ2n) is 6.35. The summed E-state index contributed by atoms with van der Waals surface area (Å²) in [5, 5.41) is 3.43. The standard InChI is InChI=1S/C18H27N5O/c1-3-20-18(21-8-6-16-5-4-12-24-16)22-10-7-15(2)17(13-22)23-11-9-19-14-23/h4-5,9,11-12,14-15,17H,3,6-8,10,13H2,1-2H3,(H,20,21). The largest absolute Gasteiger partial charge is 0.469 e. The van der Waals surface area contributed by atoms with Crippen LogP contribution >= 0.6 is 0 Å². The lowest BCUT2D eigenvalue weighted by Crippen LogP contribution is -2.49. The van der Waals surface area contributed by atoms with Crippen molar-refractivity contribution >= 4 is 5.96 Å². The molecule has 0 aliphatic carbocycles. The Hall–Kier alpha value is -2.24. The third-order valence-electron chi connectivity index (χ3n) is 4.66. The van der Waals surface area contributed by atoms with Crippen molar-refractivity contribution in [1.82, 2.24) is 19.8 Å². The SMILES string of the molecule is CCNC(=NCCc1ccco1)N1CCC(C)C(n2ccnc2)C1. The summed E-state index contributed by atoms with van der Waals surface area (Å²) >= 11 is 0. The van der Waals surface area contributed by atoms with Crippen LogP contribution in [0, 0.1) is 5.92 Å². The van der Waals surface area contributed by atoms with Gasteiger partial charge in [0.1, 0.15) is 5.76 Å². The number of aromatic nitrogens is 2. The minimum absolute atomic E-state index is 0.440. The zero-order valence-electron chi connectivity index (χ0n) is 14.6. The smallest absolute Gasteiger partial charge is 0.193 e. The fourth-order valence-corrected chi connectivity index (χ4v) is 3.25. The van der Waals surface area contributed by atoms with E-state index in [2.05, 4.69) is 39.8 Å². The van der Waals surface area contributed by atoms with E-state index in [1.807, 2.05) is 24.7 Å². The Bertz CT molecular complexity index is 620. The van der Waals surface area contributed by atoms with Crippen LogP contribution in [0.25, 0.3) is 0 Å². The molecule has 6 heteroatoms. The van der Waals surface area contributed by atoms with Crippen LogP contribution in [0.4, 0.5) is 0 Å². The molecule has 2 unspecified atom stereocenters. The van der Waals surface area contributed by atoms with Crippen molar-refractivity contribution in [2.24, 2.45) is 10.9 Å². The van der Waals surface area contributed by atoms with Gasteiger partial charge >= 0.3 is 0 Å². The predicted octanol–water partition coefficient (Wildman–Crippen LogP) is 2.57. The molecular weight excluding hydrogens is 302 g/mol. The van der Waals surface area contributed by atoms with E-state index in [0.29, 0.717) is 12.0 Å². The summed E-state index contributed by atoms with van der Waals surface area (Å²) in [4.78, 5) is 11.4. The molecule has 2 aromatic rings. The molecule has 1 aliphatic heterocycles. The van der Waals surface area contributed by atoms with Gasteiger partial charge in [-0.25, -0.2) is 4.98 Å². The molecule has 1 aliphatic rings. The lowest BCUT2D eigenvalue weighted by atomic mass is 9.93. The average Bonchev–Trinajstić information content (AvgIpc) is 3.28. The van der Waals surface area contributed by atoms with Crippen molar-refractivity contribution < 1.29 is 4.42 Å². The van der Waals surface area contributed by atoms with E-state index >= 15 is 0 Å². The molecule has 1 N–H and O–H groups in total. The summed E-state index contributed by atoms with van der Waals surface area (Å²) in [5.41, 5.74) is 0. The third-order valence-corrected chi connectivity index (χ3v) is 4.66. The number of likely N-dealkylation sites (tertiary alicyclic amines) is 1. The molecule has 6 nitrogen and oxygen atoms in total. The molecule has 0 radical (unpaired) electrons. The first-order chi connectivity index (χ1) is 11.8.